The Morgan fingerprint density at radius 2 is 1.77 bits per heavy atom. The van der Waals surface area contributed by atoms with E-state index in [0.29, 0.717) is 0 Å². The lowest BCUT2D eigenvalue weighted by Crippen LogP contribution is -2.25. The van der Waals surface area contributed by atoms with Gasteiger partial charge in [0.05, 0.1) is 6.04 Å². The Bertz CT molecular complexity index is 912. The van der Waals surface area contributed by atoms with Gasteiger partial charge < -0.3 is 16.0 Å². The number of benzene rings is 3. The molecule has 1 aliphatic rings. The summed E-state index contributed by atoms with van der Waals surface area (Å²) in [7, 11) is 4.20. The Balaban J connectivity index is 1.83. The Labute approximate surface area is 155 Å². The monoisotopic (exact) mass is 345 g/mol. The Morgan fingerprint density at radius 1 is 1.00 bits per heavy atom. The number of rotatable bonds is 6. The van der Waals surface area contributed by atoms with Crippen molar-refractivity contribution in [2.45, 2.75) is 18.9 Å². The number of nitrogen functional groups attached to an aromatic ring is 1. The van der Waals surface area contributed by atoms with Gasteiger partial charge in [-0.15, -0.1) is 0 Å². The lowest BCUT2D eigenvalue weighted by atomic mass is 9.92. The molecule has 3 heteroatoms. The minimum Gasteiger partial charge on any atom is -0.399 e. The molecule has 0 bridgehead atoms. The average Bonchev–Trinajstić information content (AvgIpc) is 3.46. The average molecular weight is 345 g/mol. The van der Waals surface area contributed by atoms with Crippen molar-refractivity contribution in [3.63, 3.8) is 0 Å². The zero-order valence-corrected chi connectivity index (χ0v) is 15.6. The molecule has 134 valence electrons. The third-order valence-electron chi connectivity index (χ3n) is 5.28. The van der Waals surface area contributed by atoms with Crippen molar-refractivity contribution >= 4 is 22.1 Å². The molecule has 1 unspecified atom stereocenters. The number of fused-ring (bicyclic) bond motifs is 1. The maximum absolute atomic E-state index is 6.08. The van der Waals surface area contributed by atoms with E-state index in [1.807, 2.05) is 12.1 Å². The van der Waals surface area contributed by atoms with Gasteiger partial charge >= 0.3 is 0 Å². The van der Waals surface area contributed by atoms with Crippen LogP contribution < -0.4 is 16.0 Å². The van der Waals surface area contributed by atoms with Gasteiger partial charge in [-0.1, -0.05) is 42.5 Å². The van der Waals surface area contributed by atoms with Crippen molar-refractivity contribution in [1.82, 2.24) is 5.32 Å². The lowest BCUT2D eigenvalue weighted by molar-refractivity contribution is 0.576. The van der Waals surface area contributed by atoms with Crippen LogP contribution in [0.25, 0.3) is 10.8 Å². The van der Waals surface area contributed by atoms with Gasteiger partial charge in [0, 0.05) is 30.9 Å². The minimum absolute atomic E-state index is 0.153. The second kappa shape index (κ2) is 7.00. The van der Waals surface area contributed by atoms with Gasteiger partial charge in [0.15, 0.2) is 0 Å². The molecule has 26 heavy (non-hydrogen) atoms. The minimum atomic E-state index is 0.153. The standard InChI is InChI=1S/C23H27N3/c1-26(2)22-13-12-21(19-8-3-4-9-20(19)22)23(25-15-16-10-11-16)17-6-5-7-18(24)14-17/h3-9,12-14,16,23,25H,10-11,15,24H2,1-2H3. The predicted octanol–water partition coefficient (Wildman–Crippen LogP) is 4.58. The predicted molar refractivity (Wildman–Crippen MR) is 112 cm³/mol. The summed E-state index contributed by atoms with van der Waals surface area (Å²) in [6, 6.07) is 21.6. The summed E-state index contributed by atoms with van der Waals surface area (Å²) in [6.45, 7) is 1.06. The maximum Gasteiger partial charge on any atom is 0.0583 e. The van der Waals surface area contributed by atoms with Crippen molar-refractivity contribution in [2.75, 3.05) is 31.3 Å². The molecule has 0 amide bonds. The first-order valence-corrected chi connectivity index (χ1v) is 9.41. The molecule has 1 saturated carbocycles. The van der Waals surface area contributed by atoms with Crippen molar-refractivity contribution in [1.29, 1.82) is 0 Å². The Morgan fingerprint density at radius 3 is 2.46 bits per heavy atom. The van der Waals surface area contributed by atoms with Gasteiger partial charge in [0.2, 0.25) is 0 Å². The highest BCUT2D eigenvalue weighted by molar-refractivity contribution is 5.96. The first kappa shape index (κ1) is 16.9. The van der Waals surface area contributed by atoms with E-state index in [0.717, 1.165) is 18.2 Å². The van der Waals surface area contributed by atoms with E-state index in [2.05, 4.69) is 72.8 Å². The van der Waals surface area contributed by atoms with Gasteiger partial charge in [0.25, 0.3) is 0 Å². The summed E-state index contributed by atoms with van der Waals surface area (Å²) in [6.07, 6.45) is 2.69. The highest BCUT2D eigenvalue weighted by Crippen LogP contribution is 2.36. The van der Waals surface area contributed by atoms with Crippen molar-refractivity contribution in [3.8, 4) is 0 Å². The summed E-state index contributed by atoms with van der Waals surface area (Å²) in [4.78, 5) is 2.18. The number of nitrogens with two attached hydrogens (primary N) is 1. The normalized spacial score (nSPS) is 15.2. The third kappa shape index (κ3) is 3.40. The molecule has 1 aliphatic carbocycles. The van der Waals surface area contributed by atoms with Crippen LogP contribution >= 0.6 is 0 Å². The molecule has 3 aromatic rings. The van der Waals surface area contributed by atoms with Gasteiger partial charge in [-0.3, -0.25) is 0 Å². The molecule has 0 aliphatic heterocycles. The third-order valence-corrected chi connectivity index (χ3v) is 5.28. The molecule has 0 heterocycles. The summed E-state index contributed by atoms with van der Waals surface area (Å²) in [5.41, 5.74) is 10.7. The van der Waals surface area contributed by atoms with Crippen LogP contribution in [0.15, 0.2) is 60.7 Å². The molecule has 4 rings (SSSR count). The van der Waals surface area contributed by atoms with E-state index >= 15 is 0 Å². The molecule has 1 fully saturated rings. The first-order chi connectivity index (χ1) is 12.6. The van der Waals surface area contributed by atoms with Crippen LogP contribution in [0.4, 0.5) is 11.4 Å². The number of hydrogen-bond acceptors (Lipinski definition) is 3. The highest BCUT2D eigenvalue weighted by atomic mass is 15.1. The molecule has 1 atom stereocenters. The van der Waals surface area contributed by atoms with Crippen LogP contribution in [0.3, 0.4) is 0 Å². The second-order valence-corrected chi connectivity index (χ2v) is 7.57. The van der Waals surface area contributed by atoms with Crippen LogP contribution in [-0.2, 0) is 0 Å². The summed E-state index contributed by atoms with van der Waals surface area (Å²) >= 11 is 0. The van der Waals surface area contributed by atoms with E-state index in [1.54, 1.807) is 0 Å². The fourth-order valence-corrected chi connectivity index (χ4v) is 3.70. The smallest absolute Gasteiger partial charge is 0.0583 e. The SMILES string of the molecule is CN(C)c1ccc(C(NCC2CC2)c2cccc(N)c2)c2ccccc12. The fourth-order valence-electron chi connectivity index (χ4n) is 3.70. The van der Waals surface area contributed by atoms with Gasteiger partial charge in [-0.2, -0.15) is 0 Å². The molecular weight excluding hydrogens is 318 g/mol. The van der Waals surface area contributed by atoms with E-state index in [9.17, 15) is 0 Å². The molecule has 0 spiro atoms. The van der Waals surface area contributed by atoms with E-state index in [4.69, 9.17) is 5.73 Å². The van der Waals surface area contributed by atoms with Crippen molar-refractivity contribution < 1.29 is 0 Å². The van der Waals surface area contributed by atoms with E-state index in [1.165, 1.54) is 40.4 Å². The van der Waals surface area contributed by atoms with Crippen LogP contribution in [0, 0.1) is 5.92 Å². The number of anilines is 2. The molecular formula is C23H27N3. The molecule has 3 nitrogen and oxygen atoms in total. The zero-order chi connectivity index (χ0) is 18.1. The largest absolute Gasteiger partial charge is 0.399 e. The van der Waals surface area contributed by atoms with Crippen molar-refractivity contribution in [2.24, 2.45) is 5.92 Å². The number of nitrogens with one attached hydrogen (secondary N) is 1. The second-order valence-electron chi connectivity index (χ2n) is 7.57. The number of nitrogens with zero attached hydrogens (tertiary/aromatic N) is 1. The van der Waals surface area contributed by atoms with Crippen LogP contribution in [-0.4, -0.2) is 20.6 Å². The van der Waals surface area contributed by atoms with Crippen molar-refractivity contribution in [3.05, 3.63) is 71.8 Å². The summed E-state index contributed by atoms with van der Waals surface area (Å²) in [5, 5.41) is 6.40. The van der Waals surface area contributed by atoms with Crippen LogP contribution in [0.1, 0.15) is 30.0 Å². The fraction of sp³-hybridized carbons (Fsp3) is 0.304. The van der Waals surface area contributed by atoms with Gasteiger partial charge in [-0.05, 0) is 60.0 Å². The van der Waals surface area contributed by atoms with Gasteiger partial charge in [-0.25, -0.2) is 0 Å². The first-order valence-electron chi connectivity index (χ1n) is 9.41. The molecule has 3 N–H and O–H groups in total. The maximum atomic E-state index is 6.08. The summed E-state index contributed by atoms with van der Waals surface area (Å²) < 4.78 is 0. The van der Waals surface area contributed by atoms with E-state index in [-0.39, 0.29) is 6.04 Å². The Hall–Kier alpha value is -2.52. The lowest BCUT2D eigenvalue weighted by Gasteiger charge is -2.24. The molecule has 3 aromatic carbocycles. The Kier molecular flexibility index (Phi) is 4.56. The topological polar surface area (TPSA) is 41.3 Å². The molecule has 0 saturated heterocycles. The highest BCUT2D eigenvalue weighted by Gasteiger charge is 2.24. The van der Waals surface area contributed by atoms with Crippen LogP contribution in [0.5, 0.6) is 0 Å². The molecule has 0 aromatic heterocycles. The zero-order valence-electron chi connectivity index (χ0n) is 15.6. The van der Waals surface area contributed by atoms with Crippen LogP contribution in [0.2, 0.25) is 0 Å². The molecule has 0 radical (unpaired) electrons. The van der Waals surface area contributed by atoms with Gasteiger partial charge in [0.1, 0.15) is 0 Å². The van der Waals surface area contributed by atoms with E-state index < -0.39 is 0 Å². The quantitative estimate of drug-likeness (QED) is 0.643. The number of hydrogen-bond donors (Lipinski definition) is 2. The summed E-state index contributed by atoms with van der Waals surface area (Å²) in [5.74, 6) is 0.825.